The van der Waals surface area contributed by atoms with Crippen molar-refractivity contribution in [2.24, 2.45) is 0 Å². The Morgan fingerprint density at radius 3 is 2.54 bits per heavy atom. The lowest BCUT2D eigenvalue weighted by Crippen LogP contribution is -2.40. The van der Waals surface area contributed by atoms with Crippen LogP contribution in [-0.2, 0) is 0 Å². The third kappa shape index (κ3) is 2.53. The highest BCUT2D eigenvalue weighted by atomic mass is 16.1. The predicted molar refractivity (Wildman–Crippen MR) is 96.3 cm³/mol. The third-order valence-corrected chi connectivity index (χ3v) is 5.07. The highest BCUT2D eigenvalue weighted by Crippen LogP contribution is 2.35. The predicted octanol–water partition coefficient (Wildman–Crippen LogP) is 3.83. The van der Waals surface area contributed by atoms with Crippen LogP contribution in [0.5, 0.6) is 0 Å². The quantitative estimate of drug-likeness (QED) is 0.744. The first kappa shape index (κ1) is 15.1. The number of hydrogen-bond acceptors (Lipinski definition) is 3. The minimum atomic E-state index is 0.0860. The van der Waals surface area contributed by atoms with Crippen molar-refractivity contribution < 1.29 is 4.79 Å². The number of rotatable bonds is 4. The largest absolute Gasteiger partial charge is 0.329 e. The number of benzene rings is 1. The van der Waals surface area contributed by atoms with E-state index < -0.39 is 0 Å². The second-order valence-electron chi connectivity index (χ2n) is 6.58. The lowest BCUT2D eigenvalue weighted by molar-refractivity contribution is 0.101. The zero-order valence-electron chi connectivity index (χ0n) is 14.0. The number of carbonyl (C=O) groups is 1. The molecular formula is C20H21N3O. The van der Waals surface area contributed by atoms with Gasteiger partial charge in [0.2, 0.25) is 0 Å². The minimum absolute atomic E-state index is 0.0860. The van der Waals surface area contributed by atoms with Gasteiger partial charge < -0.3 is 9.88 Å². The van der Waals surface area contributed by atoms with E-state index in [0.717, 1.165) is 35.3 Å². The highest BCUT2D eigenvalue weighted by Gasteiger charge is 2.29. The van der Waals surface area contributed by atoms with Crippen molar-refractivity contribution in [2.75, 3.05) is 7.05 Å². The molecule has 1 fully saturated rings. The molecule has 4 nitrogen and oxygen atoms in total. The van der Waals surface area contributed by atoms with Crippen LogP contribution >= 0.6 is 0 Å². The maximum absolute atomic E-state index is 11.4. The van der Waals surface area contributed by atoms with Crippen LogP contribution < -0.4 is 5.32 Å². The van der Waals surface area contributed by atoms with Crippen LogP contribution in [0.25, 0.3) is 22.3 Å². The van der Waals surface area contributed by atoms with Gasteiger partial charge in [-0.2, -0.15) is 0 Å². The second kappa shape index (κ2) is 5.87. The van der Waals surface area contributed by atoms with Crippen LogP contribution in [0.15, 0.2) is 48.7 Å². The third-order valence-electron chi connectivity index (χ3n) is 5.07. The lowest BCUT2D eigenvalue weighted by Gasteiger charge is -2.36. The van der Waals surface area contributed by atoms with Crippen LogP contribution in [0.4, 0.5) is 0 Å². The summed E-state index contributed by atoms with van der Waals surface area (Å²) < 4.78 is 2.30. The molecule has 0 radical (unpaired) electrons. The van der Waals surface area contributed by atoms with Gasteiger partial charge in [0, 0.05) is 34.8 Å². The van der Waals surface area contributed by atoms with Crippen LogP contribution in [-0.4, -0.2) is 28.4 Å². The van der Waals surface area contributed by atoms with E-state index in [1.54, 1.807) is 6.92 Å². The van der Waals surface area contributed by atoms with Crippen LogP contribution in [0, 0.1) is 0 Å². The molecule has 1 aromatic carbocycles. The normalized spacial score (nSPS) is 20.1. The summed E-state index contributed by atoms with van der Waals surface area (Å²) in [4.78, 5) is 16.3. The summed E-state index contributed by atoms with van der Waals surface area (Å²) in [7, 11) is 2.02. The number of nitrogens with zero attached hydrogens (tertiary/aromatic N) is 2. The number of carbonyl (C=O) groups excluding carboxylic acids is 1. The van der Waals surface area contributed by atoms with E-state index >= 15 is 0 Å². The molecule has 0 unspecified atom stereocenters. The number of Topliss-reactive ketones (excluding diaryl/α,β-unsaturated/α-hetero) is 1. The highest BCUT2D eigenvalue weighted by molar-refractivity contribution is 5.94. The van der Waals surface area contributed by atoms with Crippen LogP contribution in [0.3, 0.4) is 0 Å². The summed E-state index contributed by atoms with van der Waals surface area (Å²) in [5.74, 6) is 0.0860. The van der Waals surface area contributed by atoms with E-state index in [0.29, 0.717) is 12.1 Å². The van der Waals surface area contributed by atoms with E-state index in [1.807, 2.05) is 37.4 Å². The molecule has 24 heavy (non-hydrogen) atoms. The second-order valence-corrected chi connectivity index (χ2v) is 6.58. The van der Waals surface area contributed by atoms with E-state index in [2.05, 4.69) is 28.2 Å². The maximum atomic E-state index is 11.4. The Labute approximate surface area is 141 Å². The first-order valence-corrected chi connectivity index (χ1v) is 8.42. The maximum Gasteiger partial charge on any atom is 0.159 e. The molecule has 4 rings (SSSR count). The molecule has 0 amide bonds. The fourth-order valence-corrected chi connectivity index (χ4v) is 3.41. The first-order valence-electron chi connectivity index (χ1n) is 8.42. The first-order chi connectivity index (χ1) is 11.7. The standard InChI is InChI=1S/C20H21N3O/c1-13(24)14-3-5-15(6-4-14)19-8-7-16-9-10-23(20(16)22-19)18-11-17(12-18)21-2/h3-10,17-18,21H,11-12H2,1-2H3. The van der Waals surface area contributed by atoms with Gasteiger partial charge in [-0.25, -0.2) is 4.98 Å². The zero-order chi connectivity index (χ0) is 16.7. The summed E-state index contributed by atoms with van der Waals surface area (Å²) in [6, 6.07) is 15.1. The Balaban J connectivity index is 1.68. The number of hydrogen-bond donors (Lipinski definition) is 1. The minimum Gasteiger partial charge on any atom is -0.329 e. The molecule has 3 aromatic rings. The van der Waals surface area contributed by atoms with Gasteiger partial charge in [0.25, 0.3) is 0 Å². The smallest absolute Gasteiger partial charge is 0.159 e. The van der Waals surface area contributed by atoms with Gasteiger partial charge in [-0.15, -0.1) is 0 Å². The molecule has 0 aliphatic heterocycles. The zero-order valence-corrected chi connectivity index (χ0v) is 14.0. The average molecular weight is 319 g/mol. The van der Waals surface area contributed by atoms with Gasteiger partial charge in [0.1, 0.15) is 5.65 Å². The molecular weight excluding hydrogens is 298 g/mol. The topological polar surface area (TPSA) is 46.9 Å². The number of pyridine rings is 1. The molecule has 2 aromatic heterocycles. The molecule has 0 bridgehead atoms. The van der Waals surface area contributed by atoms with Gasteiger partial charge in [-0.3, -0.25) is 4.79 Å². The molecule has 0 spiro atoms. The van der Waals surface area contributed by atoms with Gasteiger partial charge in [0.05, 0.1) is 5.69 Å². The Kier molecular flexibility index (Phi) is 3.69. The molecule has 0 atom stereocenters. The van der Waals surface area contributed by atoms with Crippen molar-refractivity contribution in [1.29, 1.82) is 0 Å². The van der Waals surface area contributed by atoms with E-state index in [1.165, 1.54) is 5.39 Å². The summed E-state index contributed by atoms with van der Waals surface area (Å²) in [6.07, 6.45) is 4.45. The molecule has 122 valence electrons. The average Bonchev–Trinajstić information content (AvgIpc) is 2.97. The fraction of sp³-hybridized carbons (Fsp3) is 0.300. The van der Waals surface area contributed by atoms with Gasteiger partial charge in [-0.05, 0) is 45.0 Å². The van der Waals surface area contributed by atoms with Crippen LogP contribution in [0.2, 0.25) is 0 Å². The molecule has 1 aliphatic rings. The number of ketones is 1. The van der Waals surface area contributed by atoms with E-state index in [9.17, 15) is 4.79 Å². The van der Waals surface area contributed by atoms with Gasteiger partial charge in [-0.1, -0.05) is 24.3 Å². The van der Waals surface area contributed by atoms with E-state index in [4.69, 9.17) is 4.98 Å². The van der Waals surface area contributed by atoms with Crippen molar-refractivity contribution in [1.82, 2.24) is 14.9 Å². The van der Waals surface area contributed by atoms with Crippen molar-refractivity contribution in [3.63, 3.8) is 0 Å². The summed E-state index contributed by atoms with van der Waals surface area (Å²) >= 11 is 0. The molecule has 1 aliphatic carbocycles. The number of nitrogens with one attached hydrogen (secondary N) is 1. The number of fused-ring (bicyclic) bond motifs is 1. The molecule has 1 saturated carbocycles. The van der Waals surface area contributed by atoms with Crippen molar-refractivity contribution >= 4 is 16.8 Å². The SMILES string of the molecule is CNC1CC(n2ccc3ccc(-c4ccc(C(C)=O)cc4)nc32)C1. The Hall–Kier alpha value is -2.46. The Morgan fingerprint density at radius 1 is 1.12 bits per heavy atom. The van der Waals surface area contributed by atoms with Crippen molar-refractivity contribution in [2.45, 2.75) is 31.8 Å². The molecule has 1 N–H and O–H groups in total. The fourth-order valence-electron chi connectivity index (χ4n) is 3.41. The molecule has 2 heterocycles. The van der Waals surface area contributed by atoms with Gasteiger partial charge >= 0.3 is 0 Å². The van der Waals surface area contributed by atoms with E-state index in [-0.39, 0.29) is 5.78 Å². The van der Waals surface area contributed by atoms with Crippen LogP contribution in [0.1, 0.15) is 36.2 Å². The van der Waals surface area contributed by atoms with Gasteiger partial charge in [0.15, 0.2) is 5.78 Å². The van der Waals surface area contributed by atoms with Crippen molar-refractivity contribution in [3.05, 3.63) is 54.2 Å². The summed E-state index contributed by atoms with van der Waals surface area (Å²) in [5.41, 5.74) is 3.76. The summed E-state index contributed by atoms with van der Waals surface area (Å²) in [6.45, 7) is 1.59. The van der Waals surface area contributed by atoms with Crippen molar-refractivity contribution in [3.8, 4) is 11.3 Å². The number of aromatic nitrogens is 2. The summed E-state index contributed by atoms with van der Waals surface area (Å²) in [5, 5.41) is 4.50. The monoisotopic (exact) mass is 319 g/mol. The molecule has 0 saturated heterocycles. The lowest BCUT2D eigenvalue weighted by atomic mass is 9.87. The Morgan fingerprint density at radius 2 is 1.88 bits per heavy atom. The Bertz CT molecular complexity index is 889. The molecule has 4 heteroatoms.